The van der Waals surface area contributed by atoms with Gasteiger partial charge in [-0.3, -0.25) is 0 Å². The summed E-state index contributed by atoms with van der Waals surface area (Å²) in [7, 11) is 0. The zero-order chi connectivity index (χ0) is 41.9. The van der Waals surface area contributed by atoms with Crippen LogP contribution in [0.2, 0.25) is 0 Å². The van der Waals surface area contributed by atoms with Crippen molar-refractivity contribution in [2.24, 2.45) is 23.7 Å². The number of benzene rings is 2. The molecule has 0 unspecified atom stereocenters. The molecule has 8 heteroatoms. The first-order valence-corrected chi connectivity index (χ1v) is 21.7. The lowest BCUT2D eigenvalue weighted by molar-refractivity contribution is 0.0450. The van der Waals surface area contributed by atoms with Crippen LogP contribution >= 0.6 is 0 Å². The summed E-state index contributed by atoms with van der Waals surface area (Å²) in [6.45, 7) is 18.5. The van der Waals surface area contributed by atoms with E-state index in [9.17, 15) is 29.4 Å². The Bertz CT molecular complexity index is 1370. The number of carbonyl (C=O) groups excluding carboxylic acids is 2. The van der Waals surface area contributed by atoms with Crippen molar-refractivity contribution in [1.29, 1.82) is 0 Å². The zero-order valence-electron chi connectivity index (χ0n) is 36.3. The second-order valence-corrected chi connectivity index (χ2v) is 17.0. The van der Waals surface area contributed by atoms with Gasteiger partial charge in [0.25, 0.3) is 0 Å². The van der Waals surface area contributed by atoms with E-state index in [0.717, 1.165) is 88.2 Å². The molecule has 0 heterocycles. The molecule has 0 saturated carbocycles. The molecule has 2 rings (SSSR count). The monoisotopic (exact) mass is 781 g/mol. The molecule has 316 valence electrons. The van der Waals surface area contributed by atoms with Crippen molar-refractivity contribution in [1.82, 2.24) is 0 Å². The number of ether oxygens (including phenoxy) is 2. The number of carboxylic acid groups (broad SMARTS) is 2. The van der Waals surface area contributed by atoms with Crippen molar-refractivity contribution in [2.45, 2.75) is 171 Å². The Morgan fingerprint density at radius 1 is 0.464 bits per heavy atom. The van der Waals surface area contributed by atoms with Gasteiger partial charge < -0.3 is 19.7 Å². The molecule has 0 aliphatic carbocycles. The van der Waals surface area contributed by atoms with E-state index in [-0.39, 0.29) is 22.3 Å². The number of hydrogen-bond acceptors (Lipinski definition) is 6. The van der Waals surface area contributed by atoms with Crippen LogP contribution in [0.1, 0.15) is 211 Å². The van der Waals surface area contributed by atoms with Crippen LogP contribution in [0.15, 0.2) is 36.4 Å². The number of aryl methyl sites for hydroxylation is 1. The third-order valence-corrected chi connectivity index (χ3v) is 9.97. The summed E-state index contributed by atoms with van der Waals surface area (Å²) in [6.07, 6.45) is 18.7. The Balaban J connectivity index is 0.000000560. The SMILES string of the molecule is CC(C)CCCCCOC(=O)c1ccccc1C(=O)OCCCCCC(C)C.CC(C)CCCCCc1ccc(C(=O)O)c(C(=O)O)c1CCCCCC(C)C. The third-order valence-electron chi connectivity index (χ3n) is 9.97. The number of carbonyl (C=O) groups is 4. The van der Waals surface area contributed by atoms with Crippen molar-refractivity contribution in [2.75, 3.05) is 13.2 Å². The van der Waals surface area contributed by atoms with Crippen LogP contribution in [0.5, 0.6) is 0 Å². The van der Waals surface area contributed by atoms with Crippen molar-refractivity contribution in [3.8, 4) is 0 Å². The van der Waals surface area contributed by atoms with Gasteiger partial charge in [0.1, 0.15) is 0 Å². The summed E-state index contributed by atoms with van der Waals surface area (Å²) in [5.74, 6) is -0.410. The van der Waals surface area contributed by atoms with Gasteiger partial charge in [0.15, 0.2) is 0 Å². The fourth-order valence-electron chi connectivity index (χ4n) is 6.70. The Labute approximate surface area is 339 Å². The van der Waals surface area contributed by atoms with Crippen molar-refractivity contribution >= 4 is 23.9 Å². The number of esters is 2. The summed E-state index contributed by atoms with van der Waals surface area (Å²) < 4.78 is 10.7. The van der Waals surface area contributed by atoms with Crippen LogP contribution < -0.4 is 0 Å². The highest BCUT2D eigenvalue weighted by Gasteiger charge is 2.23. The Hall–Kier alpha value is -3.68. The van der Waals surface area contributed by atoms with Gasteiger partial charge in [-0.15, -0.1) is 0 Å². The van der Waals surface area contributed by atoms with Crippen LogP contribution in [0.25, 0.3) is 0 Å². The highest BCUT2D eigenvalue weighted by atomic mass is 16.5. The van der Waals surface area contributed by atoms with Gasteiger partial charge in [-0.25, -0.2) is 19.2 Å². The molecular formula is C48H76O8. The molecule has 8 nitrogen and oxygen atoms in total. The van der Waals surface area contributed by atoms with Gasteiger partial charge in [-0.1, -0.05) is 151 Å². The van der Waals surface area contributed by atoms with Crippen LogP contribution in [0.3, 0.4) is 0 Å². The molecule has 2 aromatic carbocycles. The van der Waals surface area contributed by atoms with Crippen molar-refractivity contribution in [3.05, 3.63) is 69.8 Å². The first kappa shape index (κ1) is 50.3. The van der Waals surface area contributed by atoms with E-state index < -0.39 is 23.9 Å². The lowest BCUT2D eigenvalue weighted by Crippen LogP contribution is -2.15. The average Bonchev–Trinajstić information content (AvgIpc) is 3.13. The molecule has 56 heavy (non-hydrogen) atoms. The van der Waals surface area contributed by atoms with Crippen LogP contribution in [0, 0.1) is 23.7 Å². The van der Waals surface area contributed by atoms with E-state index >= 15 is 0 Å². The summed E-state index contributed by atoms with van der Waals surface area (Å²) in [5.41, 5.74) is 2.23. The molecule has 0 amide bonds. The number of rotatable bonds is 28. The molecule has 2 N–H and O–H groups in total. The highest BCUT2D eigenvalue weighted by Crippen LogP contribution is 2.25. The first-order valence-electron chi connectivity index (χ1n) is 21.7. The second-order valence-electron chi connectivity index (χ2n) is 17.0. The lowest BCUT2D eigenvalue weighted by atomic mass is 9.89. The molecule has 0 aliphatic heterocycles. The maximum absolute atomic E-state index is 12.4. The molecule has 0 fully saturated rings. The quantitative estimate of drug-likeness (QED) is 0.0645. The fourth-order valence-corrected chi connectivity index (χ4v) is 6.70. The highest BCUT2D eigenvalue weighted by molar-refractivity contribution is 6.03. The molecule has 0 atom stereocenters. The largest absolute Gasteiger partial charge is 0.478 e. The molecule has 0 aromatic heterocycles. The van der Waals surface area contributed by atoms with Gasteiger partial charge in [0.2, 0.25) is 0 Å². The minimum absolute atomic E-state index is 0.00367. The van der Waals surface area contributed by atoms with Crippen LogP contribution in [-0.4, -0.2) is 47.3 Å². The fraction of sp³-hybridized carbons (Fsp3) is 0.667. The van der Waals surface area contributed by atoms with Crippen molar-refractivity contribution in [3.63, 3.8) is 0 Å². The van der Waals surface area contributed by atoms with Crippen LogP contribution in [-0.2, 0) is 22.3 Å². The number of carboxylic acids is 2. The number of aromatic carboxylic acids is 2. The molecule has 0 radical (unpaired) electrons. The summed E-state index contributed by atoms with van der Waals surface area (Å²) in [6, 6.07) is 10.0. The maximum Gasteiger partial charge on any atom is 0.339 e. The molecule has 0 saturated heterocycles. The predicted octanol–water partition coefficient (Wildman–Crippen LogP) is 13.0. The van der Waals surface area contributed by atoms with E-state index in [1.165, 1.54) is 38.2 Å². The van der Waals surface area contributed by atoms with E-state index in [1.54, 1.807) is 24.3 Å². The smallest absolute Gasteiger partial charge is 0.339 e. The third kappa shape index (κ3) is 22.2. The summed E-state index contributed by atoms with van der Waals surface area (Å²) in [4.78, 5) is 48.1. The van der Waals surface area contributed by atoms with E-state index in [2.05, 4.69) is 55.4 Å². The molecule has 0 bridgehead atoms. The Morgan fingerprint density at radius 3 is 1.23 bits per heavy atom. The predicted molar refractivity (Wildman–Crippen MR) is 228 cm³/mol. The maximum atomic E-state index is 12.4. The van der Waals surface area contributed by atoms with Gasteiger partial charge in [-0.05, 0) is 91.5 Å². The standard InChI is InChI=1S/2C24H38O4/c1-19(2)13-7-5-11-17-27-23(25)21-15-9-10-16-22(21)24(26)28-18-12-6-8-14-20(3)4;1-17(2)11-7-5-9-13-19-15-16-21(23(25)26)22(24(27)28)20(19)14-10-6-8-12-18(3)4/h9-10,15-16,19-20H,5-8,11-14,17-18H2,1-4H3;15-18H,5-14H2,1-4H3,(H,25,26)(H,27,28). The van der Waals surface area contributed by atoms with Crippen molar-refractivity contribution < 1.29 is 38.9 Å². The summed E-state index contributed by atoms with van der Waals surface area (Å²) >= 11 is 0. The molecule has 0 spiro atoms. The number of hydrogen-bond donors (Lipinski definition) is 2. The number of unbranched alkanes of at least 4 members (excludes halogenated alkanes) is 8. The minimum Gasteiger partial charge on any atom is -0.478 e. The second kappa shape index (κ2) is 29.5. The first-order chi connectivity index (χ1) is 26.6. The Morgan fingerprint density at radius 2 is 0.857 bits per heavy atom. The van der Waals surface area contributed by atoms with Gasteiger partial charge >= 0.3 is 23.9 Å². The van der Waals surface area contributed by atoms with E-state index in [4.69, 9.17) is 9.47 Å². The molecule has 2 aromatic rings. The van der Waals surface area contributed by atoms with Gasteiger partial charge in [-0.2, -0.15) is 0 Å². The minimum atomic E-state index is -1.16. The van der Waals surface area contributed by atoms with Gasteiger partial charge in [0, 0.05) is 0 Å². The molecule has 0 aliphatic rings. The zero-order valence-corrected chi connectivity index (χ0v) is 36.3. The average molecular weight is 781 g/mol. The van der Waals surface area contributed by atoms with Crippen LogP contribution in [0.4, 0.5) is 0 Å². The summed E-state index contributed by atoms with van der Waals surface area (Å²) in [5, 5.41) is 19.1. The van der Waals surface area contributed by atoms with E-state index in [0.29, 0.717) is 43.3 Å². The Kier molecular flexibility index (Phi) is 26.6. The molecular weight excluding hydrogens is 705 g/mol. The van der Waals surface area contributed by atoms with E-state index in [1.807, 2.05) is 6.07 Å². The van der Waals surface area contributed by atoms with Gasteiger partial charge in [0.05, 0.1) is 35.5 Å². The lowest BCUT2D eigenvalue weighted by Gasteiger charge is -2.15. The topological polar surface area (TPSA) is 127 Å². The normalized spacial score (nSPS) is 11.2.